The molecule has 126 valence electrons. The van der Waals surface area contributed by atoms with Crippen molar-refractivity contribution in [2.45, 2.75) is 33.2 Å². The Bertz CT molecular complexity index is 762. The number of aryl methyl sites for hydroxylation is 1. The summed E-state index contributed by atoms with van der Waals surface area (Å²) in [6.45, 7) is 5.82. The van der Waals surface area contributed by atoms with Gasteiger partial charge < -0.3 is 10.6 Å². The van der Waals surface area contributed by atoms with Gasteiger partial charge in [-0.2, -0.15) is 0 Å². The van der Waals surface area contributed by atoms with Crippen molar-refractivity contribution in [3.8, 4) is 0 Å². The summed E-state index contributed by atoms with van der Waals surface area (Å²) in [5.41, 5.74) is 2.30. The van der Waals surface area contributed by atoms with E-state index in [2.05, 4.69) is 31.5 Å². The van der Waals surface area contributed by atoms with Crippen LogP contribution in [0.1, 0.15) is 46.7 Å². The van der Waals surface area contributed by atoms with Crippen LogP contribution in [-0.4, -0.2) is 22.8 Å². The SMILES string of the molecule is CCC(C)NC(=O)c1cc(C(=O)Nc2ccc(Br)cc2C)ccn1. The van der Waals surface area contributed by atoms with Gasteiger partial charge in [-0.1, -0.05) is 22.9 Å². The maximum Gasteiger partial charge on any atom is 0.270 e. The van der Waals surface area contributed by atoms with Crippen molar-refractivity contribution in [2.24, 2.45) is 0 Å². The standard InChI is InChI=1S/C18H20BrN3O2/c1-4-12(3)21-18(24)16-10-13(7-8-20-16)17(23)22-15-6-5-14(19)9-11(15)2/h5-10,12H,4H2,1-3H3,(H,21,24)(H,22,23). The van der Waals surface area contributed by atoms with Crippen molar-refractivity contribution in [2.75, 3.05) is 5.32 Å². The molecule has 0 aliphatic carbocycles. The van der Waals surface area contributed by atoms with Crippen molar-refractivity contribution in [1.29, 1.82) is 0 Å². The molecule has 0 aliphatic rings. The summed E-state index contributed by atoms with van der Waals surface area (Å²) >= 11 is 3.39. The molecule has 6 heteroatoms. The number of nitrogens with one attached hydrogen (secondary N) is 2. The van der Waals surface area contributed by atoms with E-state index in [9.17, 15) is 9.59 Å². The fourth-order valence-corrected chi connectivity index (χ4v) is 2.53. The first-order chi connectivity index (χ1) is 11.4. The van der Waals surface area contributed by atoms with E-state index in [1.807, 2.05) is 39.0 Å². The first kappa shape index (κ1) is 18.1. The Morgan fingerprint density at radius 1 is 1.21 bits per heavy atom. The van der Waals surface area contributed by atoms with Crippen LogP contribution in [0.4, 0.5) is 5.69 Å². The number of carbonyl (C=O) groups excluding carboxylic acids is 2. The molecule has 1 aromatic carbocycles. The highest BCUT2D eigenvalue weighted by Gasteiger charge is 2.14. The minimum absolute atomic E-state index is 0.0576. The Hall–Kier alpha value is -2.21. The van der Waals surface area contributed by atoms with Crippen LogP contribution in [0.2, 0.25) is 0 Å². The monoisotopic (exact) mass is 389 g/mol. The Kier molecular flexibility index (Phi) is 6.09. The van der Waals surface area contributed by atoms with Crippen LogP contribution >= 0.6 is 15.9 Å². The van der Waals surface area contributed by atoms with Gasteiger partial charge in [0, 0.05) is 28.0 Å². The van der Waals surface area contributed by atoms with Crippen molar-refractivity contribution in [3.63, 3.8) is 0 Å². The lowest BCUT2D eigenvalue weighted by molar-refractivity contribution is 0.0934. The summed E-state index contributed by atoms with van der Waals surface area (Å²) in [4.78, 5) is 28.6. The van der Waals surface area contributed by atoms with E-state index in [1.165, 1.54) is 12.3 Å². The zero-order valence-corrected chi connectivity index (χ0v) is 15.5. The molecule has 24 heavy (non-hydrogen) atoms. The Balaban J connectivity index is 2.15. The molecule has 2 N–H and O–H groups in total. The third-order valence-corrected chi connectivity index (χ3v) is 4.17. The normalized spacial score (nSPS) is 11.7. The quantitative estimate of drug-likeness (QED) is 0.813. The smallest absolute Gasteiger partial charge is 0.270 e. The van der Waals surface area contributed by atoms with Gasteiger partial charge in [-0.05, 0) is 56.2 Å². The Labute approximate surface area is 150 Å². The molecule has 0 saturated carbocycles. The number of benzene rings is 1. The molecule has 1 aromatic heterocycles. The number of carbonyl (C=O) groups is 2. The lowest BCUT2D eigenvalue weighted by Gasteiger charge is -2.12. The van der Waals surface area contributed by atoms with Crippen LogP contribution in [0.3, 0.4) is 0 Å². The van der Waals surface area contributed by atoms with Gasteiger partial charge in [0.25, 0.3) is 11.8 Å². The molecular formula is C18H20BrN3O2. The lowest BCUT2D eigenvalue weighted by Crippen LogP contribution is -2.32. The largest absolute Gasteiger partial charge is 0.348 e. The molecule has 2 amide bonds. The molecule has 0 fully saturated rings. The second kappa shape index (κ2) is 8.06. The maximum atomic E-state index is 12.4. The zero-order valence-electron chi connectivity index (χ0n) is 13.9. The molecule has 1 heterocycles. The van der Waals surface area contributed by atoms with Crippen LogP contribution in [0.25, 0.3) is 0 Å². The number of rotatable bonds is 5. The molecule has 1 unspecified atom stereocenters. The number of pyridine rings is 1. The number of anilines is 1. The highest BCUT2D eigenvalue weighted by Crippen LogP contribution is 2.20. The fourth-order valence-electron chi connectivity index (χ4n) is 2.06. The van der Waals surface area contributed by atoms with E-state index in [1.54, 1.807) is 6.07 Å². The van der Waals surface area contributed by atoms with Crippen molar-refractivity contribution in [3.05, 3.63) is 57.8 Å². The summed E-state index contributed by atoms with van der Waals surface area (Å²) in [5, 5.41) is 5.69. The van der Waals surface area contributed by atoms with E-state index in [4.69, 9.17) is 0 Å². The maximum absolute atomic E-state index is 12.4. The van der Waals surface area contributed by atoms with Crippen molar-refractivity contribution in [1.82, 2.24) is 10.3 Å². The fraction of sp³-hybridized carbons (Fsp3) is 0.278. The predicted molar refractivity (Wildman–Crippen MR) is 98.3 cm³/mol. The van der Waals surface area contributed by atoms with Crippen LogP contribution in [-0.2, 0) is 0 Å². The minimum Gasteiger partial charge on any atom is -0.348 e. The number of hydrogen-bond acceptors (Lipinski definition) is 3. The Morgan fingerprint density at radius 3 is 2.62 bits per heavy atom. The number of halogens is 1. The molecule has 2 rings (SSSR count). The van der Waals surface area contributed by atoms with Gasteiger partial charge in [0.1, 0.15) is 5.69 Å². The molecule has 0 spiro atoms. The van der Waals surface area contributed by atoms with Crippen LogP contribution < -0.4 is 10.6 Å². The highest BCUT2D eigenvalue weighted by atomic mass is 79.9. The van der Waals surface area contributed by atoms with E-state index in [0.29, 0.717) is 5.56 Å². The molecule has 0 aliphatic heterocycles. The van der Waals surface area contributed by atoms with E-state index in [0.717, 1.165) is 22.1 Å². The van der Waals surface area contributed by atoms with Gasteiger partial charge in [-0.15, -0.1) is 0 Å². The Morgan fingerprint density at radius 2 is 1.96 bits per heavy atom. The topological polar surface area (TPSA) is 71.1 Å². The summed E-state index contributed by atoms with van der Waals surface area (Å²) in [6.07, 6.45) is 2.30. The highest BCUT2D eigenvalue weighted by molar-refractivity contribution is 9.10. The van der Waals surface area contributed by atoms with E-state index >= 15 is 0 Å². The van der Waals surface area contributed by atoms with Crippen molar-refractivity contribution >= 4 is 33.4 Å². The van der Waals surface area contributed by atoms with Gasteiger partial charge in [0.15, 0.2) is 0 Å². The summed E-state index contributed by atoms with van der Waals surface area (Å²) < 4.78 is 0.950. The number of hydrogen-bond donors (Lipinski definition) is 2. The van der Waals surface area contributed by atoms with Crippen LogP contribution in [0.5, 0.6) is 0 Å². The third kappa shape index (κ3) is 4.64. The molecule has 0 saturated heterocycles. The molecule has 2 aromatic rings. The van der Waals surface area contributed by atoms with Gasteiger partial charge in [-0.25, -0.2) is 0 Å². The number of amides is 2. The zero-order chi connectivity index (χ0) is 17.7. The average molecular weight is 390 g/mol. The summed E-state index contributed by atoms with van der Waals surface area (Å²) in [6, 6.07) is 8.76. The van der Waals surface area contributed by atoms with Gasteiger partial charge in [0.2, 0.25) is 0 Å². The van der Waals surface area contributed by atoms with Gasteiger partial charge in [0.05, 0.1) is 0 Å². The summed E-state index contributed by atoms with van der Waals surface area (Å²) in [7, 11) is 0. The second-order valence-corrected chi connectivity index (χ2v) is 6.54. The van der Waals surface area contributed by atoms with E-state index in [-0.39, 0.29) is 23.6 Å². The second-order valence-electron chi connectivity index (χ2n) is 5.63. The first-order valence-electron chi connectivity index (χ1n) is 7.75. The minimum atomic E-state index is -0.279. The number of nitrogens with zero attached hydrogens (tertiary/aromatic N) is 1. The lowest BCUT2D eigenvalue weighted by atomic mass is 10.1. The molecule has 5 nitrogen and oxygen atoms in total. The van der Waals surface area contributed by atoms with Crippen molar-refractivity contribution < 1.29 is 9.59 Å². The molecule has 0 radical (unpaired) electrons. The first-order valence-corrected chi connectivity index (χ1v) is 8.54. The third-order valence-electron chi connectivity index (χ3n) is 3.68. The summed E-state index contributed by atoms with van der Waals surface area (Å²) in [5.74, 6) is -0.556. The molecular weight excluding hydrogens is 370 g/mol. The number of aromatic nitrogens is 1. The van der Waals surface area contributed by atoms with Crippen LogP contribution in [0, 0.1) is 6.92 Å². The molecule has 1 atom stereocenters. The predicted octanol–water partition coefficient (Wildman–Crippen LogP) is 3.93. The van der Waals surface area contributed by atoms with Gasteiger partial charge >= 0.3 is 0 Å². The van der Waals surface area contributed by atoms with Gasteiger partial charge in [-0.3, -0.25) is 14.6 Å². The molecule has 0 bridgehead atoms. The average Bonchev–Trinajstić information content (AvgIpc) is 2.57. The van der Waals surface area contributed by atoms with Crippen LogP contribution in [0.15, 0.2) is 41.0 Å². The van der Waals surface area contributed by atoms with E-state index < -0.39 is 0 Å².